The summed E-state index contributed by atoms with van der Waals surface area (Å²) >= 11 is 0. The molecule has 31 heavy (non-hydrogen) atoms. The third-order valence-electron chi connectivity index (χ3n) is 6.29. The van der Waals surface area contributed by atoms with Gasteiger partial charge >= 0.3 is 0 Å². The molecule has 1 saturated heterocycles. The van der Waals surface area contributed by atoms with Gasteiger partial charge in [-0.3, -0.25) is 9.69 Å². The van der Waals surface area contributed by atoms with E-state index in [1.165, 1.54) is 24.8 Å². The molecule has 1 heterocycles. The Kier molecular flexibility index (Phi) is 6.74. The number of carbonyl (C=O) groups excluding carboxylic acids is 1. The van der Waals surface area contributed by atoms with E-state index in [-0.39, 0.29) is 0 Å². The molecule has 166 valence electrons. The van der Waals surface area contributed by atoms with Crippen molar-refractivity contribution in [1.82, 2.24) is 14.9 Å². The lowest BCUT2D eigenvalue weighted by atomic mass is 9.96. The zero-order valence-electron chi connectivity index (χ0n) is 18.0. The highest BCUT2D eigenvalue weighted by Crippen LogP contribution is 2.40. The van der Waals surface area contributed by atoms with Crippen molar-refractivity contribution in [3.8, 4) is 0 Å². The maximum absolute atomic E-state index is 11.9. The van der Waals surface area contributed by atoms with E-state index in [1.807, 2.05) is 16.9 Å². The summed E-state index contributed by atoms with van der Waals surface area (Å²) in [6.07, 6.45) is 4.63. The number of piperidine rings is 1. The molecule has 0 spiro atoms. The van der Waals surface area contributed by atoms with Gasteiger partial charge in [-0.1, -0.05) is 42.5 Å². The van der Waals surface area contributed by atoms with Crippen molar-refractivity contribution in [2.45, 2.75) is 37.8 Å². The van der Waals surface area contributed by atoms with Crippen LogP contribution in [0.3, 0.4) is 0 Å². The molecule has 2 N–H and O–H groups in total. The van der Waals surface area contributed by atoms with Gasteiger partial charge in [0.2, 0.25) is 10.0 Å². The highest BCUT2D eigenvalue weighted by molar-refractivity contribution is 7.89. The third kappa shape index (κ3) is 6.38. The molecule has 0 aromatic heterocycles. The maximum atomic E-state index is 11.9. The van der Waals surface area contributed by atoms with Crippen molar-refractivity contribution < 1.29 is 13.2 Å². The van der Waals surface area contributed by atoms with Crippen LogP contribution in [0.2, 0.25) is 0 Å². The van der Waals surface area contributed by atoms with E-state index in [4.69, 9.17) is 0 Å². The summed E-state index contributed by atoms with van der Waals surface area (Å²) in [6.45, 7) is 4.11. The number of amides is 1. The molecule has 0 radical (unpaired) electrons. The minimum absolute atomic E-state index is 0.354. The van der Waals surface area contributed by atoms with Crippen LogP contribution in [0, 0.1) is 5.92 Å². The van der Waals surface area contributed by atoms with Gasteiger partial charge in [-0.2, -0.15) is 0 Å². The Hall–Kier alpha value is -2.22. The molecular formula is C24H31N3O3S. The predicted molar refractivity (Wildman–Crippen MR) is 122 cm³/mol. The number of hydrogen-bond acceptors (Lipinski definition) is 5. The Bertz CT molecular complexity index is 984. The second-order valence-electron chi connectivity index (χ2n) is 8.89. The van der Waals surface area contributed by atoms with Crippen LogP contribution in [0.4, 0.5) is 0 Å². The first-order valence-electron chi connectivity index (χ1n) is 11.0. The first-order valence-corrected chi connectivity index (χ1v) is 12.9. The van der Waals surface area contributed by atoms with Crippen LogP contribution in [0.5, 0.6) is 0 Å². The molecule has 2 aliphatic rings. The summed E-state index contributed by atoms with van der Waals surface area (Å²) in [4.78, 5) is 14.4. The first kappa shape index (κ1) is 22.0. The molecule has 1 aliphatic carbocycles. The van der Waals surface area contributed by atoms with Crippen molar-refractivity contribution in [1.29, 1.82) is 0 Å². The molecule has 0 bridgehead atoms. The Labute approximate surface area is 185 Å². The summed E-state index contributed by atoms with van der Waals surface area (Å²) in [6, 6.07) is 18.6. The Morgan fingerprint density at radius 2 is 1.71 bits per heavy atom. The number of nitrogens with zero attached hydrogens (tertiary/aromatic N) is 1. The third-order valence-corrected chi connectivity index (χ3v) is 6.85. The summed E-state index contributed by atoms with van der Waals surface area (Å²) in [5.41, 5.74) is 2.94. The molecule has 1 unspecified atom stereocenters. The minimum Gasteiger partial charge on any atom is -0.313 e. The second-order valence-corrected chi connectivity index (χ2v) is 10.6. The second kappa shape index (κ2) is 9.51. The van der Waals surface area contributed by atoms with Crippen LogP contribution in [-0.2, 0) is 16.6 Å². The Morgan fingerprint density at radius 3 is 2.35 bits per heavy atom. The summed E-state index contributed by atoms with van der Waals surface area (Å²) in [5.74, 6) is 0.826. The van der Waals surface area contributed by atoms with E-state index in [0.717, 1.165) is 43.9 Å². The van der Waals surface area contributed by atoms with Gasteiger partial charge in [0, 0.05) is 24.1 Å². The lowest BCUT2D eigenvalue weighted by molar-refractivity contribution is 0.0981. The molecule has 7 heteroatoms. The molecule has 4 rings (SSSR count). The van der Waals surface area contributed by atoms with Gasteiger partial charge in [0.05, 0.1) is 6.26 Å². The van der Waals surface area contributed by atoms with Crippen LogP contribution in [0.25, 0.3) is 0 Å². The van der Waals surface area contributed by atoms with Crippen molar-refractivity contribution in [2.24, 2.45) is 5.92 Å². The van der Waals surface area contributed by atoms with E-state index in [9.17, 15) is 13.2 Å². The van der Waals surface area contributed by atoms with E-state index in [1.54, 1.807) is 12.1 Å². The van der Waals surface area contributed by atoms with Crippen LogP contribution in [0.1, 0.15) is 46.7 Å². The average molecular weight is 442 g/mol. The standard InChI is InChI=1S/C24H31N3O3S/c1-31(29,30)26-24(28)21-9-7-19(8-10-21)17-27-13-11-18(12-14-27)16-25-23-15-22(23)20-5-3-2-4-6-20/h2-10,18,22-23,25H,11-17H2,1H3,(H,26,28)/t22?,23-/m0/s1. The number of rotatable bonds is 8. The Balaban J connectivity index is 1.17. The van der Waals surface area contributed by atoms with Gasteiger partial charge in [0.1, 0.15) is 0 Å². The van der Waals surface area contributed by atoms with E-state index >= 15 is 0 Å². The van der Waals surface area contributed by atoms with Gasteiger partial charge < -0.3 is 5.32 Å². The predicted octanol–water partition coefficient (Wildman–Crippen LogP) is 2.73. The highest BCUT2D eigenvalue weighted by atomic mass is 32.2. The zero-order chi connectivity index (χ0) is 21.8. The van der Waals surface area contributed by atoms with Gasteiger partial charge in [-0.25, -0.2) is 13.1 Å². The normalized spacial score (nSPS) is 22.2. The maximum Gasteiger partial charge on any atom is 0.264 e. The van der Waals surface area contributed by atoms with Crippen LogP contribution in [0.15, 0.2) is 54.6 Å². The van der Waals surface area contributed by atoms with E-state index in [2.05, 4.69) is 40.5 Å². The molecule has 2 fully saturated rings. The highest BCUT2D eigenvalue weighted by Gasteiger charge is 2.38. The number of likely N-dealkylation sites (tertiary alicyclic amines) is 1. The van der Waals surface area contributed by atoms with Crippen molar-refractivity contribution in [2.75, 3.05) is 25.9 Å². The lowest BCUT2D eigenvalue weighted by Crippen LogP contribution is -2.37. The monoisotopic (exact) mass is 441 g/mol. The fourth-order valence-corrected chi connectivity index (χ4v) is 4.86. The van der Waals surface area contributed by atoms with Crippen molar-refractivity contribution >= 4 is 15.9 Å². The van der Waals surface area contributed by atoms with Crippen molar-refractivity contribution in [3.63, 3.8) is 0 Å². The molecule has 1 amide bonds. The summed E-state index contributed by atoms with van der Waals surface area (Å²) in [5, 5.41) is 3.77. The van der Waals surface area contributed by atoms with Gasteiger partial charge in [-0.05, 0) is 68.1 Å². The quantitative estimate of drug-likeness (QED) is 0.659. The topological polar surface area (TPSA) is 78.5 Å². The molecule has 2 atom stereocenters. The van der Waals surface area contributed by atoms with Crippen molar-refractivity contribution in [3.05, 3.63) is 71.3 Å². The summed E-state index contributed by atoms with van der Waals surface area (Å²) < 4.78 is 24.4. The first-order chi connectivity index (χ1) is 14.9. The number of nitrogens with one attached hydrogen (secondary N) is 2. The van der Waals surface area contributed by atoms with Crippen LogP contribution in [-0.4, -0.2) is 51.2 Å². The molecule has 1 saturated carbocycles. The lowest BCUT2D eigenvalue weighted by Gasteiger charge is -2.32. The van der Waals surface area contributed by atoms with Crippen LogP contribution >= 0.6 is 0 Å². The molecule has 2 aromatic rings. The SMILES string of the molecule is CS(=O)(=O)NC(=O)c1ccc(CN2CCC(CN[C@H]3CC3c3ccccc3)CC2)cc1. The fraction of sp³-hybridized carbons (Fsp3) is 0.458. The van der Waals surface area contributed by atoms with Crippen LogP contribution < -0.4 is 10.0 Å². The number of carbonyl (C=O) groups is 1. The van der Waals surface area contributed by atoms with Gasteiger partial charge in [0.25, 0.3) is 5.91 Å². The van der Waals surface area contributed by atoms with E-state index in [0.29, 0.717) is 17.5 Å². The molecule has 6 nitrogen and oxygen atoms in total. The smallest absolute Gasteiger partial charge is 0.264 e. The molecular weight excluding hydrogens is 410 g/mol. The zero-order valence-corrected chi connectivity index (χ0v) is 18.8. The largest absolute Gasteiger partial charge is 0.313 e. The molecule has 2 aromatic carbocycles. The number of benzene rings is 2. The van der Waals surface area contributed by atoms with E-state index < -0.39 is 15.9 Å². The molecule has 1 aliphatic heterocycles. The fourth-order valence-electron chi connectivity index (χ4n) is 4.40. The van der Waals surface area contributed by atoms with Gasteiger partial charge in [-0.15, -0.1) is 0 Å². The summed E-state index contributed by atoms with van der Waals surface area (Å²) in [7, 11) is -3.55. The van der Waals surface area contributed by atoms with Gasteiger partial charge in [0.15, 0.2) is 0 Å². The number of sulfonamides is 1. The Morgan fingerprint density at radius 1 is 1.03 bits per heavy atom. The minimum atomic E-state index is -3.55. The average Bonchev–Trinajstić information content (AvgIpc) is 3.53. The number of hydrogen-bond donors (Lipinski definition) is 2.